The van der Waals surface area contributed by atoms with Gasteiger partial charge in [0.15, 0.2) is 5.69 Å². The van der Waals surface area contributed by atoms with E-state index in [1.54, 1.807) is 17.1 Å². The maximum absolute atomic E-state index is 12.4. The van der Waals surface area contributed by atoms with Crippen LogP contribution in [0.2, 0.25) is 0 Å². The van der Waals surface area contributed by atoms with E-state index in [-0.39, 0.29) is 11.6 Å². The molecule has 156 valence electrons. The van der Waals surface area contributed by atoms with Crippen LogP contribution in [0.15, 0.2) is 18.6 Å². The van der Waals surface area contributed by atoms with Crippen LogP contribution in [-0.4, -0.2) is 62.5 Å². The minimum absolute atomic E-state index is 0.160. The average Bonchev–Trinajstić information content (AvgIpc) is 3.29. The van der Waals surface area contributed by atoms with E-state index in [1.807, 2.05) is 18.1 Å². The van der Waals surface area contributed by atoms with E-state index in [0.717, 1.165) is 43.9 Å². The van der Waals surface area contributed by atoms with Crippen LogP contribution in [0.3, 0.4) is 0 Å². The van der Waals surface area contributed by atoms with Crippen LogP contribution in [-0.2, 0) is 11.8 Å². The van der Waals surface area contributed by atoms with Crippen molar-refractivity contribution in [1.82, 2.24) is 24.6 Å². The molecule has 5 rings (SSSR count). The minimum atomic E-state index is -0.199. The topological polar surface area (TPSA) is 100 Å². The predicted molar refractivity (Wildman–Crippen MR) is 109 cm³/mol. The van der Waals surface area contributed by atoms with Gasteiger partial charge in [-0.2, -0.15) is 10.4 Å². The van der Waals surface area contributed by atoms with Gasteiger partial charge in [0.2, 0.25) is 0 Å². The lowest BCUT2D eigenvalue weighted by Gasteiger charge is -2.44. The molecule has 30 heavy (non-hydrogen) atoms. The summed E-state index contributed by atoms with van der Waals surface area (Å²) in [6.45, 7) is 2.84. The molecule has 9 nitrogen and oxygen atoms in total. The Hall–Kier alpha value is -3.15. The largest absolute Gasteiger partial charge is 0.447 e. The number of piperidine rings is 1. The average molecular weight is 407 g/mol. The fraction of sp³-hybridized carbons (Fsp3) is 0.571. The number of carbonyl (C=O) groups is 1. The molecule has 1 spiro atoms. The van der Waals surface area contributed by atoms with Gasteiger partial charge in [0, 0.05) is 38.4 Å². The molecule has 2 aromatic rings. The molecule has 1 aliphatic carbocycles. The highest BCUT2D eigenvalue weighted by Crippen LogP contribution is 2.39. The van der Waals surface area contributed by atoms with Gasteiger partial charge in [-0.1, -0.05) is 6.42 Å². The van der Waals surface area contributed by atoms with Crippen LogP contribution in [0.1, 0.15) is 37.8 Å². The van der Waals surface area contributed by atoms with E-state index in [9.17, 15) is 10.1 Å². The molecule has 1 amide bonds. The number of hydrogen-bond acceptors (Lipinski definition) is 7. The second-order valence-electron chi connectivity index (χ2n) is 8.61. The minimum Gasteiger partial charge on any atom is -0.447 e. The first-order valence-electron chi connectivity index (χ1n) is 10.5. The smallest absolute Gasteiger partial charge is 0.410 e. The van der Waals surface area contributed by atoms with Gasteiger partial charge in [0.25, 0.3) is 0 Å². The third-order valence-corrected chi connectivity index (χ3v) is 6.78. The summed E-state index contributed by atoms with van der Waals surface area (Å²) in [6.07, 6.45) is 10.4. The molecule has 1 saturated carbocycles. The van der Waals surface area contributed by atoms with Gasteiger partial charge in [-0.15, -0.1) is 0 Å². The van der Waals surface area contributed by atoms with Crippen molar-refractivity contribution in [2.45, 2.75) is 37.6 Å². The number of ether oxygens (including phenoxy) is 1. The Morgan fingerprint density at radius 3 is 2.73 bits per heavy atom. The van der Waals surface area contributed by atoms with Crippen molar-refractivity contribution >= 4 is 11.9 Å². The number of cyclic esters (lactones) is 1. The van der Waals surface area contributed by atoms with Crippen LogP contribution in [0.5, 0.6) is 0 Å². The van der Waals surface area contributed by atoms with Gasteiger partial charge >= 0.3 is 6.09 Å². The van der Waals surface area contributed by atoms with Crippen LogP contribution < -0.4 is 4.90 Å². The Bertz CT molecular complexity index is 999. The maximum Gasteiger partial charge on any atom is 0.410 e. The third kappa shape index (κ3) is 3.16. The maximum atomic E-state index is 12.4. The molecule has 0 radical (unpaired) electrons. The zero-order valence-corrected chi connectivity index (χ0v) is 17.1. The highest BCUT2D eigenvalue weighted by Gasteiger charge is 2.49. The quantitative estimate of drug-likeness (QED) is 0.767. The van der Waals surface area contributed by atoms with Crippen molar-refractivity contribution in [3.05, 3.63) is 24.3 Å². The van der Waals surface area contributed by atoms with Crippen molar-refractivity contribution in [3.63, 3.8) is 0 Å². The zero-order valence-electron chi connectivity index (χ0n) is 17.1. The van der Waals surface area contributed by atoms with Crippen LogP contribution in [0.4, 0.5) is 10.6 Å². The Labute approximate surface area is 175 Å². The highest BCUT2D eigenvalue weighted by atomic mass is 16.6. The molecule has 0 N–H and O–H groups in total. The first-order valence-corrected chi connectivity index (χ1v) is 10.5. The van der Waals surface area contributed by atoms with Gasteiger partial charge < -0.3 is 9.64 Å². The molecule has 3 fully saturated rings. The molecule has 2 aromatic heterocycles. The van der Waals surface area contributed by atoms with Crippen molar-refractivity contribution in [2.75, 3.05) is 31.1 Å². The number of nitriles is 1. The summed E-state index contributed by atoms with van der Waals surface area (Å²) in [5.74, 6) is 1.37. The second-order valence-corrected chi connectivity index (χ2v) is 8.61. The fourth-order valence-electron chi connectivity index (χ4n) is 4.67. The molecule has 4 heterocycles. The SMILES string of the molecule is Cn1cc(-c2nc(N3CCC4(CC3)COC(=O)N4CC3CCC3)cnc2C#N)cn1. The van der Waals surface area contributed by atoms with E-state index in [0.29, 0.717) is 23.9 Å². The lowest BCUT2D eigenvalue weighted by molar-refractivity contribution is 0.0987. The van der Waals surface area contributed by atoms with Crippen molar-refractivity contribution in [3.8, 4) is 17.3 Å². The third-order valence-electron chi connectivity index (χ3n) is 6.78. The molecule has 3 aliphatic rings. The Morgan fingerprint density at radius 2 is 2.10 bits per heavy atom. The number of nitrogens with zero attached hydrogens (tertiary/aromatic N) is 7. The molecule has 0 bridgehead atoms. The van der Waals surface area contributed by atoms with Crippen molar-refractivity contribution in [2.24, 2.45) is 13.0 Å². The summed E-state index contributed by atoms with van der Waals surface area (Å²) in [4.78, 5) is 25.6. The van der Waals surface area contributed by atoms with E-state index >= 15 is 0 Å². The van der Waals surface area contributed by atoms with Gasteiger partial charge in [-0.25, -0.2) is 14.8 Å². The molecule has 0 unspecified atom stereocenters. The highest BCUT2D eigenvalue weighted by molar-refractivity contribution is 5.71. The summed E-state index contributed by atoms with van der Waals surface area (Å²) in [7, 11) is 1.83. The molecule has 9 heteroatoms. The van der Waals surface area contributed by atoms with E-state index in [4.69, 9.17) is 9.72 Å². The van der Waals surface area contributed by atoms with Crippen molar-refractivity contribution in [1.29, 1.82) is 5.26 Å². The number of aromatic nitrogens is 4. The summed E-state index contributed by atoms with van der Waals surface area (Å²) in [6, 6.07) is 2.12. The van der Waals surface area contributed by atoms with E-state index < -0.39 is 0 Å². The number of aryl methyl sites for hydroxylation is 1. The first-order chi connectivity index (χ1) is 14.6. The number of anilines is 1. The van der Waals surface area contributed by atoms with Crippen molar-refractivity contribution < 1.29 is 9.53 Å². The second kappa shape index (κ2) is 7.27. The molecule has 0 atom stereocenters. The molecule has 2 saturated heterocycles. The fourth-order valence-corrected chi connectivity index (χ4v) is 4.67. The number of hydrogen-bond donors (Lipinski definition) is 0. The van der Waals surface area contributed by atoms with Gasteiger partial charge in [0.1, 0.15) is 24.2 Å². The molecular formula is C21H25N7O2. The van der Waals surface area contributed by atoms with Crippen LogP contribution in [0, 0.1) is 17.2 Å². The normalized spacial score (nSPS) is 20.9. The summed E-state index contributed by atoms with van der Waals surface area (Å²) < 4.78 is 7.16. The Morgan fingerprint density at radius 1 is 1.30 bits per heavy atom. The summed E-state index contributed by atoms with van der Waals surface area (Å²) >= 11 is 0. The lowest BCUT2D eigenvalue weighted by atomic mass is 9.82. The number of rotatable bonds is 4. The van der Waals surface area contributed by atoms with Crippen LogP contribution in [0.25, 0.3) is 11.3 Å². The molecule has 0 aromatic carbocycles. The summed E-state index contributed by atoms with van der Waals surface area (Å²) in [5.41, 5.74) is 1.42. The first kappa shape index (κ1) is 18.9. The molecule has 2 aliphatic heterocycles. The van der Waals surface area contributed by atoms with E-state index in [1.165, 1.54) is 19.3 Å². The number of carbonyl (C=O) groups excluding carboxylic acids is 1. The van der Waals surface area contributed by atoms with E-state index in [2.05, 4.69) is 21.1 Å². The Balaban J connectivity index is 1.34. The Kier molecular flexibility index (Phi) is 4.57. The van der Waals surface area contributed by atoms with Crippen LogP contribution >= 0.6 is 0 Å². The van der Waals surface area contributed by atoms with Gasteiger partial charge in [0.05, 0.1) is 17.9 Å². The zero-order chi connectivity index (χ0) is 20.7. The van der Waals surface area contributed by atoms with Gasteiger partial charge in [-0.3, -0.25) is 9.58 Å². The standard InChI is InChI=1S/C21H25N7O2/c1-26-13-16(10-24-26)19-17(9-22)23-11-18(25-19)27-7-5-21(6-8-27)14-30-20(29)28(21)12-15-3-2-4-15/h10-11,13,15H,2-8,12,14H2,1H3. The monoisotopic (exact) mass is 407 g/mol. The predicted octanol–water partition coefficient (Wildman–Crippen LogP) is 2.34. The number of amides is 1. The lowest BCUT2D eigenvalue weighted by Crippen LogP contribution is -2.56. The van der Waals surface area contributed by atoms with Gasteiger partial charge in [-0.05, 0) is 31.6 Å². The summed E-state index contributed by atoms with van der Waals surface area (Å²) in [5, 5.41) is 13.6. The molecular weight excluding hydrogens is 382 g/mol.